The van der Waals surface area contributed by atoms with Crippen molar-refractivity contribution in [1.29, 1.82) is 0 Å². The number of carboxylic acid groups (broad SMARTS) is 1. The van der Waals surface area contributed by atoms with Crippen LogP contribution in [0.5, 0.6) is 5.75 Å². The standard InChI is InChI=1S/C27H30ClNO4/c1-32-12-10-18-4-5-21(18)15-29-16-27(11-2-3-19-13-22(28)7-8-23(19)27)17-33-25-9-6-20(26(30)31)14-24(25)29/h6-10,12-14,18,21H,2-5,11,15-17H2,1H3,(H,30,31)/b12-10+/t18-,21-,27?/m0/s1. The molecular formula is C27H30ClNO4. The van der Waals surface area contributed by atoms with E-state index in [0.717, 1.165) is 61.7 Å². The van der Waals surface area contributed by atoms with Crippen LogP contribution in [-0.2, 0) is 16.6 Å². The van der Waals surface area contributed by atoms with Crippen LogP contribution in [0.2, 0.25) is 5.02 Å². The van der Waals surface area contributed by atoms with Crippen molar-refractivity contribution in [3.8, 4) is 5.75 Å². The van der Waals surface area contributed by atoms with Crippen molar-refractivity contribution in [3.63, 3.8) is 0 Å². The fraction of sp³-hybridized carbons (Fsp3) is 0.444. The average Bonchev–Trinajstić information content (AvgIpc) is 2.94. The summed E-state index contributed by atoms with van der Waals surface area (Å²) in [4.78, 5) is 14.1. The molecule has 2 aliphatic carbocycles. The number of carboxylic acids is 1. The summed E-state index contributed by atoms with van der Waals surface area (Å²) in [6, 6.07) is 11.5. The van der Waals surface area contributed by atoms with Crippen LogP contribution in [0.15, 0.2) is 48.7 Å². The quantitative estimate of drug-likeness (QED) is 0.572. The van der Waals surface area contributed by atoms with Gasteiger partial charge in [-0.1, -0.05) is 17.7 Å². The van der Waals surface area contributed by atoms with Crippen LogP contribution in [0, 0.1) is 11.8 Å². The number of halogens is 1. The molecule has 33 heavy (non-hydrogen) atoms. The molecule has 1 saturated carbocycles. The van der Waals surface area contributed by atoms with Gasteiger partial charge in [-0.3, -0.25) is 0 Å². The molecule has 2 aromatic rings. The fourth-order valence-corrected chi connectivity index (χ4v) is 5.98. The average molecular weight is 468 g/mol. The molecule has 0 amide bonds. The number of methoxy groups -OCH3 is 1. The number of carbonyl (C=O) groups is 1. The molecule has 0 radical (unpaired) electrons. The molecule has 1 fully saturated rings. The molecule has 0 saturated heterocycles. The lowest BCUT2D eigenvalue weighted by molar-refractivity contribution is 0.0697. The second-order valence-corrected chi connectivity index (χ2v) is 10.1. The van der Waals surface area contributed by atoms with Crippen molar-refractivity contribution in [2.24, 2.45) is 11.8 Å². The SMILES string of the molecule is CO/C=C/[C@@H]1CC[C@H]1CN1CC2(CCCc3cc(Cl)ccc32)COc2ccc(C(=O)O)cc21. The molecular weight excluding hydrogens is 438 g/mol. The van der Waals surface area contributed by atoms with E-state index in [1.54, 1.807) is 25.5 Å². The molecule has 5 rings (SSSR count). The highest BCUT2D eigenvalue weighted by molar-refractivity contribution is 6.30. The van der Waals surface area contributed by atoms with E-state index >= 15 is 0 Å². The number of benzene rings is 2. The first-order valence-corrected chi connectivity index (χ1v) is 12.1. The first-order valence-electron chi connectivity index (χ1n) is 11.7. The van der Waals surface area contributed by atoms with Gasteiger partial charge in [0.15, 0.2) is 0 Å². The van der Waals surface area contributed by atoms with Crippen LogP contribution in [0.25, 0.3) is 0 Å². The zero-order valence-electron chi connectivity index (χ0n) is 18.9. The monoisotopic (exact) mass is 467 g/mol. The first-order chi connectivity index (χ1) is 16.0. The maximum atomic E-state index is 11.7. The number of nitrogens with zero attached hydrogens (tertiary/aromatic N) is 1. The van der Waals surface area contributed by atoms with E-state index in [9.17, 15) is 9.90 Å². The third-order valence-corrected chi connectivity index (χ3v) is 7.91. The van der Waals surface area contributed by atoms with E-state index in [1.165, 1.54) is 11.1 Å². The molecule has 3 atom stereocenters. The molecule has 6 heteroatoms. The molecule has 1 N–H and O–H groups in total. The van der Waals surface area contributed by atoms with Gasteiger partial charge in [0.05, 0.1) is 31.2 Å². The second kappa shape index (κ2) is 8.94. The minimum absolute atomic E-state index is 0.151. The fourth-order valence-electron chi connectivity index (χ4n) is 5.78. The molecule has 174 valence electrons. The zero-order chi connectivity index (χ0) is 23.0. The van der Waals surface area contributed by atoms with E-state index in [2.05, 4.69) is 23.1 Å². The second-order valence-electron chi connectivity index (χ2n) is 9.66. The number of rotatable bonds is 5. The Morgan fingerprint density at radius 3 is 2.94 bits per heavy atom. The Hall–Kier alpha value is -2.66. The third kappa shape index (κ3) is 4.19. The van der Waals surface area contributed by atoms with Crippen LogP contribution >= 0.6 is 11.6 Å². The zero-order valence-corrected chi connectivity index (χ0v) is 19.7. The van der Waals surface area contributed by atoms with Crippen molar-refractivity contribution in [1.82, 2.24) is 0 Å². The van der Waals surface area contributed by atoms with E-state index in [4.69, 9.17) is 21.1 Å². The van der Waals surface area contributed by atoms with E-state index in [1.807, 2.05) is 12.1 Å². The number of ether oxygens (including phenoxy) is 2. The number of fused-ring (bicyclic) bond motifs is 3. The topological polar surface area (TPSA) is 59.0 Å². The summed E-state index contributed by atoms with van der Waals surface area (Å²) in [6.07, 6.45) is 9.40. The van der Waals surface area contributed by atoms with Gasteiger partial charge in [-0.05, 0) is 91.5 Å². The molecule has 0 aromatic heterocycles. The summed E-state index contributed by atoms with van der Waals surface area (Å²) in [5.74, 6) is 0.829. The van der Waals surface area contributed by atoms with Crippen molar-refractivity contribution in [2.45, 2.75) is 37.5 Å². The Morgan fingerprint density at radius 1 is 1.30 bits per heavy atom. The summed E-state index contributed by atoms with van der Waals surface area (Å²) >= 11 is 6.32. The highest BCUT2D eigenvalue weighted by Crippen LogP contribution is 2.46. The van der Waals surface area contributed by atoms with Gasteiger partial charge in [-0.2, -0.15) is 0 Å². The van der Waals surface area contributed by atoms with Gasteiger partial charge in [-0.25, -0.2) is 4.79 Å². The minimum atomic E-state index is -0.918. The number of aryl methyl sites for hydroxylation is 1. The smallest absolute Gasteiger partial charge is 0.335 e. The Balaban J connectivity index is 1.53. The third-order valence-electron chi connectivity index (χ3n) is 7.68. The lowest BCUT2D eigenvalue weighted by atomic mass is 9.69. The summed E-state index contributed by atoms with van der Waals surface area (Å²) in [5, 5.41) is 10.4. The highest BCUT2D eigenvalue weighted by Gasteiger charge is 2.43. The lowest BCUT2D eigenvalue weighted by Gasteiger charge is -2.44. The molecule has 1 aliphatic heterocycles. The molecule has 3 aliphatic rings. The van der Waals surface area contributed by atoms with Crippen LogP contribution < -0.4 is 9.64 Å². The van der Waals surface area contributed by atoms with E-state index in [0.29, 0.717) is 24.0 Å². The molecule has 2 aromatic carbocycles. The Kier molecular flexibility index (Phi) is 6.00. The summed E-state index contributed by atoms with van der Waals surface area (Å²) in [6.45, 7) is 2.24. The Bertz CT molecular complexity index is 1080. The summed E-state index contributed by atoms with van der Waals surface area (Å²) in [7, 11) is 1.68. The number of allylic oxidation sites excluding steroid dienone is 1. The van der Waals surface area contributed by atoms with E-state index in [-0.39, 0.29) is 5.41 Å². The summed E-state index contributed by atoms with van der Waals surface area (Å²) < 4.78 is 11.6. The van der Waals surface area contributed by atoms with Gasteiger partial charge >= 0.3 is 5.97 Å². The number of hydrogen-bond donors (Lipinski definition) is 1. The van der Waals surface area contributed by atoms with Crippen molar-refractivity contribution in [2.75, 3.05) is 31.7 Å². The minimum Gasteiger partial charge on any atom is -0.505 e. The summed E-state index contributed by atoms with van der Waals surface area (Å²) in [5.41, 5.74) is 3.65. The number of hydrogen-bond acceptors (Lipinski definition) is 4. The molecule has 1 heterocycles. The highest BCUT2D eigenvalue weighted by atomic mass is 35.5. The normalized spacial score (nSPS) is 26.2. The van der Waals surface area contributed by atoms with Crippen molar-refractivity contribution >= 4 is 23.3 Å². The van der Waals surface area contributed by atoms with Gasteiger partial charge in [0, 0.05) is 23.5 Å². The lowest BCUT2D eigenvalue weighted by Crippen LogP contribution is -2.48. The van der Waals surface area contributed by atoms with Crippen LogP contribution in [0.1, 0.15) is 47.2 Å². The number of aromatic carboxylic acids is 1. The molecule has 1 unspecified atom stereocenters. The van der Waals surface area contributed by atoms with Crippen LogP contribution in [0.3, 0.4) is 0 Å². The maximum absolute atomic E-state index is 11.7. The van der Waals surface area contributed by atoms with Gasteiger partial charge in [-0.15, -0.1) is 0 Å². The Labute approximate surface area is 200 Å². The van der Waals surface area contributed by atoms with Crippen molar-refractivity contribution in [3.05, 3.63) is 70.4 Å². The predicted molar refractivity (Wildman–Crippen MR) is 130 cm³/mol. The number of anilines is 1. The predicted octanol–water partition coefficient (Wildman–Crippen LogP) is 5.70. The van der Waals surface area contributed by atoms with Gasteiger partial charge in [0.2, 0.25) is 0 Å². The largest absolute Gasteiger partial charge is 0.505 e. The molecule has 1 spiro atoms. The van der Waals surface area contributed by atoms with Gasteiger partial charge in [0.1, 0.15) is 5.75 Å². The Morgan fingerprint density at radius 2 is 2.18 bits per heavy atom. The van der Waals surface area contributed by atoms with Gasteiger partial charge in [0.25, 0.3) is 0 Å². The van der Waals surface area contributed by atoms with E-state index < -0.39 is 5.97 Å². The maximum Gasteiger partial charge on any atom is 0.335 e. The van der Waals surface area contributed by atoms with Crippen molar-refractivity contribution < 1.29 is 19.4 Å². The molecule has 0 bridgehead atoms. The first kappa shape index (κ1) is 22.1. The van der Waals surface area contributed by atoms with Gasteiger partial charge < -0.3 is 19.5 Å². The van der Waals surface area contributed by atoms with Crippen LogP contribution in [-0.4, -0.2) is 37.9 Å². The molecule has 5 nitrogen and oxygen atoms in total. The van der Waals surface area contributed by atoms with Crippen LogP contribution in [0.4, 0.5) is 5.69 Å².